The molecule has 3 rings (SSSR count). The summed E-state index contributed by atoms with van der Waals surface area (Å²) in [4.78, 5) is 0. The molecule has 0 spiro atoms. The van der Waals surface area contributed by atoms with Crippen molar-refractivity contribution < 1.29 is 27.0 Å². The molecule has 0 aliphatic heterocycles. The van der Waals surface area contributed by atoms with Crippen LogP contribution in [0.1, 0.15) is 50.0 Å². The van der Waals surface area contributed by atoms with Gasteiger partial charge in [0.25, 0.3) is 0 Å². The fraction of sp³-hybridized carbons (Fsp3) is 0.625. The Kier molecular flexibility index (Phi) is 4.19. The van der Waals surface area contributed by atoms with Crippen LogP contribution in [-0.4, -0.2) is 13.0 Å². The second kappa shape index (κ2) is 5.97. The van der Waals surface area contributed by atoms with E-state index in [0.29, 0.717) is 11.5 Å². The molecule has 0 heterocycles. The molecule has 2 nitrogen and oxygen atoms in total. The Morgan fingerprint density at radius 1 is 1.09 bits per heavy atom. The van der Waals surface area contributed by atoms with Crippen LogP contribution in [0.4, 0.5) is 17.6 Å². The molecule has 1 aromatic carbocycles. The van der Waals surface area contributed by atoms with Crippen molar-refractivity contribution in [1.29, 1.82) is 0 Å². The maximum atomic E-state index is 14.4. The zero-order valence-electron chi connectivity index (χ0n) is 12.1. The predicted octanol–water partition coefficient (Wildman–Crippen LogP) is 5.17. The van der Waals surface area contributed by atoms with Crippen molar-refractivity contribution in [2.24, 2.45) is 5.92 Å². The van der Waals surface area contributed by atoms with Crippen molar-refractivity contribution >= 4 is 0 Å². The monoisotopic (exact) mass is 318 g/mol. The lowest BCUT2D eigenvalue weighted by Gasteiger charge is -2.27. The van der Waals surface area contributed by atoms with Gasteiger partial charge in [0.2, 0.25) is 5.75 Å². The highest BCUT2D eigenvalue weighted by molar-refractivity contribution is 5.46. The van der Waals surface area contributed by atoms with Gasteiger partial charge >= 0.3 is 6.36 Å². The lowest BCUT2D eigenvalue weighted by Crippen LogP contribution is -2.20. The number of benzene rings is 1. The van der Waals surface area contributed by atoms with Crippen molar-refractivity contribution in [2.75, 3.05) is 6.61 Å². The van der Waals surface area contributed by atoms with Crippen LogP contribution in [0, 0.1) is 11.7 Å². The Bertz CT molecular complexity index is 534. The van der Waals surface area contributed by atoms with E-state index in [4.69, 9.17) is 4.74 Å². The van der Waals surface area contributed by atoms with Gasteiger partial charge in [0.05, 0.1) is 6.61 Å². The molecule has 0 radical (unpaired) electrons. The quantitative estimate of drug-likeness (QED) is 0.674. The number of alkyl halides is 3. The van der Waals surface area contributed by atoms with Gasteiger partial charge in [-0.2, -0.15) is 0 Å². The Hall–Kier alpha value is -1.46. The minimum atomic E-state index is -4.94. The molecule has 0 bridgehead atoms. The second-order valence-corrected chi connectivity index (χ2v) is 6.05. The standard InChI is InChI=1S/C16H18F4O2/c17-14-12(11-2-1-3-11)6-7-13(15(14)22-16(18,19)20)21-9-8-10-4-5-10/h6-7,10-11H,1-5,8-9H2. The largest absolute Gasteiger partial charge is 0.573 e. The molecule has 0 unspecified atom stereocenters. The Labute approximate surface area is 126 Å². The van der Waals surface area contributed by atoms with E-state index < -0.39 is 17.9 Å². The molecular formula is C16H18F4O2. The van der Waals surface area contributed by atoms with Gasteiger partial charge in [0.1, 0.15) is 0 Å². The van der Waals surface area contributed by atoms with E-state index in [0.717, 1.165) is 38.5 Å². The first-order chi connectivity index (χ1) is 10.4. The van der Waals surface area contributed by atoms with E-state index in [-0.39, 0.29) is 18.3 Å². The fourth-order valence-electron chi connectivity index (χ4n) is 2.65. The topological polar surface area (TPSA) is 18.5 Å². The van der Waals surface area contributed by atoms with Crippen LogP contribution in [-0.2, 0) is 0 Å². The summed E-state index contributed by atoms with van der Waals surface area (Å²) in [6.07, 6.45) is 0.660. The van der Waals surface area contributed by atoms with E-state index >= 15 is 0 Å². The van der Waals surface area contributed by atoms with E-state index in [1.54, 1.807) is 0 Å². The maximum Gasteiger partial charge on any atom is 0.573 e. The predicted molar refractivity (Wildman–Crippen MR) is 72.5 cm³/mol. The van der Waals surface area contributed by atoms with Crippen LogP contribution in [0.25, 0.3) is 0 Å². The highest BCUT2D eigenvalue weighted by atomic mass is 19.4. The van der Waals surface area contributed by atoms with Crippen LogP contribution in [0.5, 0.6) is 11.5 Å². The third-order valence-electron chi connectivity index (χ3n) is 4.33. The van der Waals surface area contributed by atoms with Crippen molar-refractivity contribution in [3.63, 3.8) is 0 Å². The van der Waals surface area contributed by atoms with Crippen LogP contribution in [0.15, 0.2) is 12.1 Å². The van der Waals surface area contributed by atoms with Crippen molar-refractivity contribution in [3.8, 4) is 11.5 Å². The van der Waals surface area contributed by atoms with Gasteiger partial charge in [-0.1, -0.05) is 25.3 Å². The molecule has 2 aliphatic rings. The fourth-order valence-corrected chi connectivity index (χ4v) is 2.65. The number of rotatable bonds is 6. The summed E-state index contributed by atoms with van der Waals surface area (Å²) in [7, 11) is 0. The molecule has 22 heavy (non-hydrogen) atoms. The van der Waals surface area contributed by atoms with Crippen LogP contribution >= 0.6 is 0 Å². The minimum absolute atomic E-state index is 0.0175. The summed E-state index contributed by atoms with van der Waals surface area (Å²) in [6.45, 7) is 0.279. The molecule has 0 N–H and O–H groups in total. The van der Waals surface area contributed by atoms with Gasteiger partial charge in [-0.05, 0) is 42.7 Å². The third-order valence-corrected chi connectivity index (χ3v) is 4.33. The Morgan fingerprint density at radius 3 is 2.36 bits per heavy atom. The van der Waals surface area contributed by atoms with Gasteiger partial charge in [-0.3, -0.25) is 0 Å². The highest BCUT2D eigenvalue weighted by Gasteiger charge is 2.36. The van der Waals surface area contributed by atoms with E-state index in [2.05, 4.69) is 4.74 Å². The third kappa shape index (κ3) is 3.65. The molecule has 2 saturated carbocycles. The first-order valence-electron chi connectivity index (χ1n) is 7.65. The molecule has 0 aromatic heterocycles. The second-order valence-electron chi connectivity index (χ2n) is 6.05. The van der Waals surface area contributed by atoms with Crippen LogP contribution < -0.4 is 9.47 Å². The van der Waals surface area contributed by atoms with Crippen molar-refractivity contribution in [1.82, 2.24) is 0 Å². The highest BCUT2D eigenvalue weighted by Crippen LogP contribution is 2.44. The SMILES string of the molecule is Fc1c(C2CCC2)ccc(OCCC2CC2)c1OC(F)(F)F. The average molecular weight is 318 g/mol. The van der Waals surface area contributed by atoms with E-state index in [9.17, 15) is 17.6 Å². The summed E-state index contributed by atoms with van der Waals surface area (Å²) >= 11 is 0. The number of ether oxygens (including phenoxy) is 2. The van der Waals surface area contributed by atoms with E-state index in [1.807, 2.05) is 0 Å². The van der Waals surface area contributed by atoms with Gasteiger partial charge in [-0.25, -0.2) is 4.39 Å². The van der Waals surface area contributed by atoms with Gasteiger partial charge < -0.3 is 9.47 Å². The number of hydrogen-bond donors (Lipinski definition) is 0. The molecule has 2 fully saturated rings. The van der Waals surface area contributed by atoms with Crippen LogP contribution in [0.2, 0.25) is 0 Å². The summed E-state index contributed by atoms with van der Waals surface area (Å²) < 4.78 is 61.3. The zero-order chi connectivity index (χ0) is 15.7. The first kappa shape index (κ1) is 15.4. The summed E-state index contributed by atoms with van der Waals surface area (Å²) in [5.74, 6) is -1.36. The number of halogens is 4. The van der Waals surface area contributed by atoms with E-state index in [1.165, 1.54) is 12.1 Å². The average Bonchev–Trinajstić information content (AvgIpc) is 3.17. The summed E-state index contributed by atoms with van der Waals surface area (Å²) in [6, 6.07) is 2.92. The van der Waals surface area contributed by atoms with Crippen LogP contribution in [0.3, 0.4) is 0 Å². The van der Waals surface area contributed by atoms with Crippen molar-refractivity contribution in [2.45, 2.75) is 50.8 Å². The molecule has 0 saturated heterocycles. The van der Waals surface area contributed by atoms with Gasteiger partial charge in [0.15, 0.2) is 11.6 Å². The molecule has 1 aromatic rings. The smallest absolute Gasteiger partial charge is 0.490 e. The normalized spacial score (nSPS) is 18.9. The molecule has 0 amide bonds. The lowest BCUT2D eigenvalue weighted by molar-refractivity contribution is -0.276. The first-order valence-corrected chi connectivity index (χ1v) is 7.65. The summed E-state index contributed by atoms with van der Waals surface area (Å²) in [5.41, 5.74) is 0.292. The Balaban J connectivity index is 1.80. The summed E-state index contributed by atoms with van der Waals surface area (Å²) in [5, 5.41) is 0. The Morgan fingerprint density at radius 2 is 1.82 bits per heavy atom. The van der Waals surface area contributed by atoms with Gasteiger partial charge in [0, 0.05) is 0 Å². The molecule has 2 aliphatic carbocycles. The minimum Gasteiger partial charge on any atom is -0.490 e. The maximum absolute atomic E-state index is 14.4. The molecule has 6 heteroatoms. The van der Waals surface area contributed by atoms with Crippen molar-refractivity contribution in [3.05, 3.63) is 23.5 Å². The van der Waals surface area contributed by atoms with Gasteiger partial charge in [-0.15, -0.1) is 13.2 Å². The molecular weight excluding hydrogens is 300 g/mol. The lowest BCUT2D eigenvalue weighted by atomic mass is 9.80. The molecule has 122 valence electrons. The number of hydrogen-bond acceptors (Lipinski definition) is 2. The zero-order valence-corrected chi connectivity index (χ0v) is 12.1. The molecule has 0 atom stereocenters.